The van der Waals surface area contributed by atoms with Crippen molar-refractivity contribution < 1.29 is 9.53 Å². The molecule has 1 heterocycles. The summed E-state index contributed by atoms with van der Waals surface area (Å²) in [7, 11) is 0. The van der Waals surface area contributed by atoms with E-state index in [1.54, 1.807) is 30.5 Å². The van der Waals surface area contributed by atoms with Gasteiger partial charge >= 0.3 is 5.97 Å². The van der Waals surface area contributed by atoms with Crippen LogP contribution in [0.25, 0.3) is 0 Å². The number of nitrogens with zero attached hydrogens (tertiary/aromatic N) is 1. The maximum absolute atomic E-state index is 11.8. The van der Waals surface area contributed by atoms with Crippen molar-refractivity contribution >= 4 is 37.8 Å². The molecule has 2 rings (SSSR count). The van der Waals surface area contributed by atoms with Crippen LogP contribution in [0.15, 0.2) is 51.7 Å². The zero-order chi connectivity index (χ0) is 12.3. The van der Waals surface area contributed by atoms with Gasteiger partial charge in [0.05, 0.1) is 5.56 Å². The number of ether oxygens (including phenoxy) is 1. The summed E-state index contributed by atoms with van der Waals surface area (Å²) in [5, 5.41) is 0. The van der Waals surface area contributed by atoms with E-state index in [1.165, 1.54) is 6.20 Å². The highest BCUT2D eigenvalue weighted by atomic mass is 79.9. The van der Waals surface area contributed by atoms with E-state index in [0.29, 0.717) is 11.3 Å². The Morgan fingerprint density at radius 3 is 2.65 bits per heavy atom. The van der Waals surface area contributed by atoms with E-state index >= 15 is 0 Å². The van der Waals surface area contributed by atoms with Gasteiger partial charge in [-0.1, -0.05) is 22.0 Å². The van der Waals surface area contributed by atoms with Crippen LogP contribution in [-0.2, 0) is 0 Å². The number of halogens is 2. The molecule has 0 atom stereocenters. The van der Waals surface area contributed by atoms with Gasteiger partial charge in [0.15, 0.2) is 0 Å². The summed E-state index contributed by atoms with van der Waals surface area (Å²) in [5.74, 6) is 0.0567. The van der Waals surface area contributed by atoms with E-state index in [9.17, 15) is 4.79 Å². The first-order valence-electron chi connectivity index (χ1n) is 4.73. The fraction of sp³-hybridized carbons (Fsp3) is 0. The number of hydrogen-bond donors (Lipinski definition) is 0. The van der Waals surface area contributed by atoms with E-state index < -0.39 is 5.97 Å². The maximum atomic E-state index is 11.8. The van der Waals surface area contributed by atoms with Gasteiger partial charge in [0, 0.05) is 21.3 Å². The molecule has 0 N–H and O–H groups in total. The van der Waals surface area contributed by atoms with Crippen molar-refractivity contribution in [1.29, 1.82) is 0 Å². The Labute approximate surface area is 115 Å². The van der Waals surface area contributed by atoms with Gasteiger partial charge in [-0.15, -0.1) is 0 Å². The van der Waals surface area contributed by atoms with Crippen molar-refractivity contribution in [2.75, 3.05) is 0 Å². The van der Waals surface area contributed by atoms with Crippen molar-refractivity contribution in [1.82, 2.24) is 4.98 Å². The molecule has 2 aromatic rings. The van der Waals surface area contributed by atoms with Crippen LogP contribution in [0.4, 0.5) is 0 Å². The van der Waals surface area contributed by atoms with Gasteiger partial charge in [0.1, 0.15) is 5.75 Å². The predicted molar refractivity (Wildman–Crippen MR) is 71.0 cm³/mol. The van der Waals surface area contributed by atoms with E-state index in [1.807, 2.05) is 6.07 Å². The molecule has 0 saturated heterocycles. The molecule has 1 aromatic heterocycles. The lowest BCUT2D eigenvalue weighted by Crippen LogP contribution is -2.08. The summed E-state index contributed by atoms with van der Waals surface area (Å²) in [6, 6.07) is 8.76. The second kappa shape index (κ2) is 5.42. The number of carbonyl (C=O) groups excluding carboxylic acids is 1. The van der Waals surface area contributed by atoms with E-state index in [2.05, 4.69) is 36.8 Å². The fourth-order valence-electron chi connectivity index (χ4n) is 1.22. The van der Waals surface area contributed by atoms with Crippen molar-refractivity contribution in [2.24, 2.45) is 0 Å². The Hall–Kier alpha value is -1.20. The third-order valence-electron chi connectivity index (χ3n) is 1.95. The lowest BCUT2D eigenvalue weighted by atomic mass is 10.3. The molecular formula is C12H7Br2NO2. The minimum Gasteiger partial charge on any atom is -0.423 e. The normalized spacial score (nSPS) is 10.0. The Bertz CT molecular complexity index is 558. The lowest BCUT2D eigenvalue weighted by Gasteiger charge is -2.04. The average molecular weight is 357 g/mol. The zero-order valence-electron chi connectivity index (χ0n) is 8.56. The summed E-state index contributed by atoms with van der Waals surface area (Å²) in [5.41, 5.74) is 0.402. The highest BCUT2D eigenvalue weighted by Gasteiger charge is 2.09. The molecule has 86 valence electrons. The fourth-order valence-corrected chi connectivity index (χ4v) is 1.96. The molecule has 0 aliphatic rings. The van der Waals surface area contributed by atoms with Crippen molar-refractivity contribution in [3.05, 3.63) is 57.2 Å². The number of benzene rings is 1. The van der Waals surface area contributed by atoms with Crippen LogP contribution in [0.5, 0.6) is 5.75 Å². The quantitative estimate of drug-likeness (QED) is 0.606. The third kappa shape index (κ3) is 3.38. The largest absolute Gasteiger partial charge is 0.423 e. The predicted octanol–water partition coefficient (Wildman–Crippen LogP) is 3.83. The summed E-state index contributed by atoms with van der Waals surface area (Å²) < 4.78 is 6.80. The van der Waals surface area contributed by atoms with Crippen LogP contribution in [0.3, 0.4) is 0 Å². The smallest absolute Gasteiger partial charge is 0.345 e. The van der Waals surface area contributed by atoms with Gasteiger partial charge in [-0.25, -0.2) is 4.79 Å². The summed E-state index contributed by atoms with van der Waals surface area (Å²) in [6.45, 7) is 0. The van der Waals surface area contributed by atoms with E-state index in [-0.39, 0.29) is 0 Å². The molecule has 0 radical (unpaired) electrons. The molecule has 1 aromatic carbocycles. The Morgan fingerprint density at radius 1 is 1.12 bits per heavy atom. The number of carbonyl (C=O) groups is 1. The first-order chi connectivity index (χ1) is 8.15. The molecule has 0 aliphatic heterocycles. The number of aromatic nitrogens is 1. The second-order valence-corrected chi connectivity index (χ2v) is 5.07. The van der Waals surface area contributed by atoms with Gasteiger partial charge in [0.2, 0.25) is 0 Å². The molecule has 17 heavy (non-hydrogen) atoms. The summed E-state index contributed by atoms with van der Waals surface area (Å²) in [6.07, 6.45) is 3.07. The van der Waals surface area contributed by atoms with Crippen molar-refractivity contribution in [3.63, 3.8) is 0 Å². The first-order valence-corrected chi connectivity index (χ1v) is 6.32. The van der Waals surface area contributed by atoms with Crippen LogP contribution in [-0.4, -0.2) is 11.0 Å². The molecule has 0 spiro atoms. The molecule has 0 unspecified atom stereocenters. The van der Waals surface area contributed by atoms with Gasteiger partial charge < -0.3 is 4.74 Å². The highest BCUT2D eigenvalue weighted by molar-refractivity contribution is 9.10. The van der Waals surface area contributed by atoms with Crippen LogP contribution in [0.1, 0.15) is 10.4 Å². The molecular weight excluding hydrogens is 350 g/mol. The third-order valence-corrected chi connectivity index (χ3v) is 2.87. The van der Waals surface area contributed by atoms with Crippen LogP contribution < -0.4 is 4.74 Å². The molecule has 0 bridgehead atoms. The Morgan fingerprint density at radius 2 is 1.94 bits per heavy atom. The SMILES string of the molecule is O=C(Oc1cccc(Br)c1)c1cncc(Br)c1. The molecule has 0 saturated carbocycles. The zero-order valence-corrected chi connectivity index (χ0v) is 11.7. The molecule has 3 nitrogen and oxygen atoms in total. The van der Waals surface area contributed by atoms with Gasteiger partial charge in [-0.05, 0) is 40.2 Å². The van der Waals surface area contributed by atoms with Crippen molar-refractivity contribution in [2.45, 2.75) is 0 Å². The van der Waals surface area contributed by atoms with E-state index in [4.69, 9.17) is 4.74 Å². The van der Waals surface area contributed by atoms with Crippen LogP contribution in [0.2, 0.25) is 0 Å². The molecule has 5 heteroatoms. The standard InChI is InChI=1S/C12H7Br2NO2/c13-9-2-1-3-11(5-9)17-12(16)8-4-10(14)7-15-6-8/h1-7H. The Balaban J connectivity index is 2.17. The molecule has 0 amide bonds. The second-order valence-electron chi connectivity index (χ2n) is 3.24. The highest BCUT2D eigenvalue weighted by Crippen LogP contribution is 2.19. The minimum absolute atomic E-state index is 0.402. The monoisotopic (exact) mass is 355 g/mol. The van der Waals surface area contributed by atoms with Gasteiger partial charge in [-0.3, -0.25) is 4.98 Å². The lowest BCUT2D eigenvalue weighted by molar-refractivity contribution is 0.0734. The van der Waals surface area contributed by atoms with Crippen LogP contribution in [0, 0.1) is 0 Å². The van der Waals surface area contributed by atoms with E-state index in [0.717, 1.165) is 8.95 Å². The first kappa shape index (κ1) is 12.3. The average Bonchev–Trinajstić information content (AvgIpc) is 2.29. The number of rotatable bonds is 2. The number of hydrogen-bond acceptors (Lipinski definition) is 3. The van der Waals surface area contributed by atoms with Gasteiger partial charge in [-0.2, -0.15) is 0 Å². The van der Waals surface area contributed by atoms with Crippen LogP contribution >= 0.6 is 31.9 Å². The summed E-state index contributed by atoms with van der Waals surface area (Å²) >= 11 is 6.56. The Kier molecular flexibility index (Phi) is 3.91. The maximum Gasteiger partial charge on any atom is 0.345 e. The molecule has 0 fully saturated rings. The summed E-state index contributed by atoms with van der Waals surface area (Å²) in [4.78, 5) is 15.7. The topological polar surface area (TPSA) is 39.2 Å². The minimum atomic E-state index is -0.433. The van der Waals surface area contributed by atoms with Crippen molar-refractivity contribution in [3.8, 4) is 5.75 Å². The van der Waals surface area contributed by atoms with Gasteiger partial charge in [0.25, 0.3) is 0 Å². The number of esters is 1. The molecule has 0 aliphatic carbocycles. The number of pyridine rings is 1.